The fourth-order valence-corrected chi connectivity index (χ4v) is 1.55. The van der Waals surface area contributed by atoms with Crippen LogP contribution in [0, 0.1) is 0 Å². The quantitative estimate of drug-likeness (QED) is 0.647. The highest BCUT2D eigenvalue weighted by molar-refractivity contribution is 5.26. The van der Waals surface area contributed by atoms with E-state index in [4.69, 9.17) is 5.11 Å². The van der Waals surface area contributed by atoms with Gasteiger partial charge in [0.1, 0.15) is 0 Å². The van der Waals surface area contributed by atoms with E-state index >= 15 is 0 Å². The molecule has 2 nitrogen and oxygen atoms in total. The highest BCUT2D eigenvalue weighted by Gasteiger charge is 2.11. The molecule has 1 aliphatic carbocycles. The SMILES string of the molecule is OCc1ccc2c(n1)CCC2. The van der Waals surface area contributed by atoms with Crippen molar-refractivity contribution in [2.24, 2.45) is 0 Å². The zero-order valence-electron chi connectivity index (χ0n) is 6.38. The molecule has 0 unspecified atom stereocenters. The third-order valence-electron chi connectivity index (χ3n) is 2.15. The van der Waals surface area contributed by atoms with E-state index in [9.17, 15) is 0 Å². The lowest BCUT2D eigenvalue weighted by atomic mass is 10.2. The fourth-order valence-electron chi connectivity index (χ4n) is 1.55. The smallest absolute Gasteiger partial charge is 0.0853 e. The molecule has 11 heavy (non-hydrogen) atoms. The van der Waals surface area contributed by atoms with Gasteiger partial charge >= 0.3 is 0 Å². The first kappa shape index (κ1) is 6.80. The first-order valence-corrected chi connectivity index (χ1v) is 3.98. The maximum Gasteiger partial charge on any atom is 0.0853 e. The number of rotatable bonds is 1. The molecule has 0 radical (unpaired) electrons. The second kappa shape index (κ2) is 2.62. The van der Waals surface area contributed by atoms with Crippen molar-refractivity contribution >= 4 is 0 Å². The minimum atomic E-state index is 0.0628. The first-order chi connectivity index (χ1) is 5.40. The van der Waals surface area contributed by atoms with E-state index in [0.29, 0.717) is 0 Å². The van der Waals surface area contributed by atoms with Gasteiger partial charge in [-0.2, -0.15) is 0 Å². The Morgan fingerprint density at radius 3 is 3.09 bits per heavy atom. The molecule has 1 heterocycles. The van der Waals surface area contributed by atoms with Crippen LogP contribution in [0.1, 0.15) is 23.4 Å². The van der Waals surface area contributed by atoms with Crippen molar-refractivity contribution in [1.29, 1.82) is 0 Å². The summed E-state index contributed by atoms with van der Waals surface area (Å²) < 4.78 is 0. The summed E-state index contributed by atoms with van der Waals surface area (Å²) in [5, 5.41) is 8.81. The molecule has 0 bridgehead atoms. The van der Waals surface area contributed by atoms with Crippen LogP contribution in [0.3, 0.4) is 0 Å². The number of aliphatic hydroxyl groups excluding tert-OH is 1. The molecule has 1 N–H and O–H groups in total. The van der Waals surface area contributed by atoms with Gasteiger partial charge in [0.25, 0.3) is 0 Å². The Bertz CT molecular complexity index is 270. The Hall–Kier alpha value is -0.890. The molecule has 0 spiro atoms. The van der Waals surface area contributed by atoms with Crippen LogP contribution in [0.5, 0.6) is 0 Å². The van der Waals surface area contributed by atoms with Crippen LogP contribution in [-0.2, 0) is 19.4 Å². The summed E-state index contributed by atoms with van der Waals surface area (Å²) in [6.45, 7) is 0.0628. The monoisotopic (exact) mass is 149 g/mol. The van der Waals surface area contributed by atoms with Crippen molar-refractivity contribution in [3.05, 3.63) is 29.1 Å². The molecule has 0 aromatic carbocycles. The van der Waals surface area contributed by atoms with Gasteiger partial charge in [-0.1, -0.05) is 6.07 Å². The van der Waals surface area contributed by atoms with E-state index in [1.165, 1.54) is 17.7 Å². The van der Waals surface area contributed by atoms with Gasteiger partial charge < -0.3 is 5.11 Å². The van der Waals surface area contributed by atoms with Crippen LogP contribution in [0.25, 0.3) is 0 Å². The number of aromatic nitrogens is 1. The van der Waals surface area contributed by atoms with Crippen molar-refractivity contribution in [2.75, 3.05) is 0 Å². The lowest BCUT2D eigenvalue weighted by molar-refractivity contribution is 0.276. The van der Waals surface area contributed by atoms with Crippen LogP contribution < -0.4 is 0 Å². The number of hydrogen-bond acceptors (Lipinski definition) is 2. The van der Waals surface area contributed by atoms with Gasteiger partial charge in [-0.15, -0.1) is 0 Å². The molecule has 0 amide bonds. The second-order valence-corrected chi connectivity index (χ2v) is 2.92. The third-order valence-corrected chi connectivity index (χ3v) is 2.15. The molecular weight excluding hydrogens is 138 g/mol. The highest BCUT2D eigenvalue weighted by atomic mass is 16.3. The number of fused-ring (bicyclic) bond motifs is 1. The van der Waals surface area contributed by atoms with E-state index in [-0.39, 0.29) is 6.61 Å². The molecule has 0 saturated heterocycles. The summed E-state index contributed by atoms with van der Waals surface area (Å²) in [7, 11) is 0. The first-order valence-electron chi connectivity index (χ1n) is 3.98. The van der Waals surface area contributed by atoms with E-state index in [1.54, 1.807) is 0 Å². The van der Waals surface area contributed by atoms with Crippen LogP contribution in [-0.4, -0.2) is 10.1 Å². The van der Waals surface area contributed by atoms with Gasteiger partial charge in [0.15, 0.2) is 0 Å². The molecule has 2 heteroatoms. The van der Waals surface area contributed by atoms with E-state index < -0.39 is 0 Å². The van der Waals surface area contributed by atoms with Gasteiger partial charge in [0.2, 0.25) is 0 Å². The minimum Gasteiger partial charge on any atom is -0.390 e. The molecule has 0 saturated carbocycles. The van der Waals surface area contributed by atoms with Crippen LogP contribution in [0.2, 0.25) is 0 Å². The molecule has 0 fully saturated rings. The average molecular weight is 149 g/mol. The lowest BCUT2D eigenvalue weighted by Crippen LogP contribution is -1.94. The fraction of sp³-hybridized carbons (Fsp3) is 0.444. The van der Waals surface area contributed by atoms with Gasteiger partial charge in [-0.05, 0) is 30.9 Å². The van der Waals surface area contributed by atoms with Crippen LogP contribution in [0.15, 0.2) is 12.1 Å². The number of hydrogen-bond donors (Lipinski definition) is 1. The summed E-state index contributed by atoms with van der Waals surface area (Å²) in [6, 6.07) is 3.99. The predicted molar refractivity (Wildman–Crippen MR) is 42.2 cm³/mol. The summed E-state index contributed by atoms with van der Waals surface area (Å²) in [4.78, 5) is 4.32. The van der Waals surface area contributed by atoms with E-state index in [1.807, 2.05) is 6.07 Å². The average Bonchev–Trinajstić information content (AvgIpc) is 2.50. The molecular formula is C9H11NO. The van der Waals surface area contributed by atoms with E-state index in [0.717, 1.165) is 18.5 Å². The van der Waals surface area contributed by atoms with Gasteiger partial charge in [0.05, 0.1) is 12.3 Å². The Balaban J connectivity index is 2.41. The highest BCUT2D eigenvalue weighted by Crippen LogP contribution is 2.19. The minimum absolute atomic E-state index is 0.0628. The molecule has 58 valence electrons. The van der Waals surface area contributed by atoms with Crippen molar-refractivity contribution < 1.29 is 5.11 Å². The molecule has 1 aromatic heterocycles. The zero-order valence-corrected chi connectivity index (χ0v) is 6.38. The Labute approximate surface area is 65.9 Å². The Morgan fingerprint density at radius 2 is 2.27 bits per heavy atom. The molecule has 2 rings (SSSR count). The largest absolute Gasteiger partial charge is 0.390 e. The maximum absolute atomic E-state index is 8.81. The van der Waals surface area contributed by atoms with Crippen molar-refractivity contribution in [3.8, 4) is 0 Å². The summed E-state index contributed by atoms with van der Waals surface area (Å²) in [5.74, 6) is 0. The molecule has 0 aliphatic heterocycles. The Morgan fingerprint density at radius 1 is 1.36 bits per heavy atom. The van der Waals surface area contributed by atoms with Crippen molar-refractivity contribution in [1.82, 2.24) is 4.98 Å². The van der Waals surface area contributed by atoms with Crippen molar-refractivity contribution in [2.45, 2.75) is 25.9 Å². The molecule has 1 aromatic rings. The second-order valence-electron chi connectivity index (χ2n) is 2.92. The normalized spacial score (nSPS) is 15.0. The maximum atomic E-state index is 8.81. The number of aryl methyl sites for hydroxylation is 2. The number of aliphatic hydroxyl groups is 1. The molecule has 0 atom stereocenters. The lowest BCUT2D eigenvalue weighted by Gasteiger charge is -1.99. The summed E-state index contributed by atoms with van der Waals surface area (Å²) >= 11 is 0. The summed E-state index contributed by atoms with van der Waals surface area (Å²) in [5.41, 5.74) is 3.35. The zero-order chi connectivity index (χ0) is 7.68. The summed E-state index contributed by atoms with van der Waals surface area (Å²) in [6.07, 6.45) is 3.47. The van der Waals surface area contributed by atoms with Gasteiger partial charge in [0, 0.05) is 5.69 Å². The van der Waals surface area contributed by atoms with E-state index in [2.05, 4.69) is 11.1 Å². The predicted octanol–water partition coefficient (Wildman–Crippen LogP) is 1.06. The van der Waals surface area contributed by atoms with Crippen LogP contribution >= 0.6 is 0 Å². The van der Waals surface area contributed by atoms with Gasteiger partial charge in [-0.25, -0.2) is 0 Å². The molecule has 1 aliphatic rings. The van der Waals surface area contributed by atoms with Crippen molar-refractivity contribution in [3.63, 3.8) is 0 Å². The topological polar surface area (TPSA) is 33.1 Å². The Kier molecular flexibility index (Phi) is 1.62. The number of nitrogens with zero attached hydrogens (tertiary/aromatic N) is 1. The third kappa shape index (κ3) is 1.14. The van der Waals surface area contributed by atoms with Gasteiger partial charge in [-0.3, -0.25) is 4.98 Å². The standard InChI is InChI=1S/C9H11NO/c11-6-8-5-4-7-2-1-3-9(7)10-8/h4-5,11H,1-3,6H2. The van der Waals surface area contributed by atoms with Crippen LogP contribution in [0.4, 0.5) is 0 Å². The number of pyridine rings is 1.